The van der Waals surface area contributed by atoms with Crippen molar-refractivity contribution < 1.29 is 4.42 Å². The Kier molecular flexibility index (Phi) is 5.23. The topological polar surface area (TPSA) is 43.9 Å². The summed E-state index contributed by atoms with van der Waals surface area (Å²) in [6.07, 6.45) is 0. The number of rotatable bonds is 2. The van der Waals surface area contributed by atoms with E-state index in [0.29, 0.717) is 11.5 Å². The molecule has 0 aliphatic heterocycles. The summed E-state index contributed by atoms with van der Waals surface area (Å²) in [6.45, 7) is 0. The third-order valence-electron chi connectivity index (χ3n) is 10.2. The molecule has 0 saturated carbocycles. The first-order valence-corrected chi connectivity index (χ1v) is 18.3. The van der Waals surface area contributed by atoms with Gasteiger partial charge in [0.1, 0.15) is 16.8 Å². The van der Waals surface area contributed by atoms with Gasteiger partial charge in [-0.25, -0.2) is 9.97 Å². The highest BCUT2D eigenvalue weighted by Gasteiger charge is 2.26. The summed E-state index contributed by atoms with van der Waals surface area (Å²) in [5, 5.41) is 10.9. The second kappa shape index (κ2) is 9.76. The van der Waals surface area contributed by atoms with Crippen molar-refractivity contribution in [2.45, 2.75) is 0 Å². The van der Waals surface area contributed by atoms with E-state index in [4.69, 9.17) is 14.4 Å². The van der Waals surface area contributed by atoms with Crippen molar-refractivity contribution in [3.8, 4) is 17.2 Å². The van der Waals surface area contributed by atoms with E-state index in [0.717, 1.165) is 38.8 Å². The van der Waals surface area contributed by atoms with Gasteiger partial charge in [0.25, 0.3) is 0 Å². The van der Waals surface area contributed by atoms with Crippen molar-refractivity contribution in [1.29, 1.82) is 0 Å². The zero-order valence-electron chi connectivity index (χ0n) is 26.3. The van der Waals surface area contributed by atoms with Crippen LogP contribution in [0.4, 0.5) is 0 Å². The van der Waals surface area contributed by atoms with E-state index in [1.54, 1.807) is 11.3 Å². The third kappa shape index (κ3) is 3.44. The number of para-hydroxylation sites is 2. The van der Waals surface area contributed by atoms with Crippen molar-refractivity contribution in [1.82, 2.24) is 14.5 Å². The molecule has 0 saturated heterocycles. The van der Waals surface area contributed by atoms with Gasteiger partial charge in [0.2, 0.25) is 5.95 Å². The second-order valence-electron chi connectivity index (χ2n) is 12.9. The van der Waals surface area contributed by atoms with E-state index in [9.17, 15) is 0 Å². The van der Waals surface area contributed by atoms with Gasteiger partial charge in [-0.1, -0.05) is 109 Å². The van der Waals surface area contributed by atoms with Gasteiger partial charge in [-0.3, -0.25) is 4.57 Å². The minimum Gasteiger partial charge on any atom is -0.452 e. The quantitative estimate of drug-likeness (QED) is 0.183. The van der Waals surface area contributed by atoms with Crippen LogP contribution >= 0.6 is 22.7 Å². The standard InChI is InChI=1S/C44H23N3OS2/c1-2-14-27-25(13-1)36-28-15-3-7-20-32(28)47(40(36)37-30-17-6-10-23-35(30)50-43(27)37)44-45-38-29-16-4-8-21-33(29)48-41(38)39(46-44)31-19-11-18-26-24-12-5-9-22-34(24)49-42(26)31/h1-23H. The first-order valence-electron chi connectivity index (χ1n) is 16.7. The van der Waals surface area contributed by atoms with E-state index < -0.39 is 0 Å². The smallest absolute Gasteiger partial charge is 0.236 e. The van der Waals surface area contributed by atoms with Crippen LogP contribution in [-0.2, 0) is 0 Å². The molecule has 0 aliphatic rings. The molecule has 0 radical (unpaired) electrons. The SMILES string of the molecule is c1ccc2c(c1)oc1c(-c3cccc4c3sc3ccccc34)nc(-n3c4ccccc4c4c5ccccc5c5sc6ccccc6c5c43)nc12. The molecule has 0 atom stereocenters. The van der Waals surface area contributed by atoms with Gasteiger partial charge in [-0.15, -0.1) is 22.7 Å². The molecule has 0 fully saturated rings. The summed E-state index contributed by atoms with van der Waals surface area (Å²) in [5.74, 6) is 0.634. The van der Waals surface area contributed by atoms with Gasteiger partial charge in [0.15, 0.2) is 5.58 Å². The maximum atomic E-state index is 6.65. The number of aromatic nitrogens is 3. The maximum Gasteiger partial charge on any atom is 0.236 e. The Morgan fingerprint density at radius 2 is 1.10 bits per heavy atom. The first kappa shape index (κ1) is 26.8. The fourth-order valence-electron chi connectivity index (χ4n) is 8.12. The van der Waals surface area contributed by atoms with Gasteiger partial charge in [-0.2, -0.15) is 0 Å². The highest BCUT2D eigenvalue weighted by atomic mass is 32.1. The van der Waals surface area contributed by atoms with Crippen LogP contribution in [0.5, 0.6) is 0 Å². The summed E-state index contributed by atoms with van der Waals surface area (Å²) in [7, 11) is 0. The van der Waals surface area contributed by atoms with E-state index in [-0.39, 0.29) is 0 Å². The molecule has 12 rings (SSSR count). The summed E-state index contributed by atoms with van der Waals surface area (Å²) < 4.78 is 14.0. The van der Waals surface area contributed by atoms with Crippen LogP contribution in [0.1, 0.15) is 0 Å². The molecule has 0 N–H and O–H groups in total. The van der Waals surface area contributed by atoms with Crippen LogP contribution in [0.2, 0.25) is 0 Å². The van der Waals surface area contributed by atoms with E-state index in [1.807, 2.05) is 23.5 Å². The molecule has 0 spiro atoms. The molecule has 4 nitrogen and oxygen atoms in total. The molecule has 5 heterocycles. The first-order chi connectivity index (χ1) is 24.8. The number of hydrogen-bond donors (Lipinski definition) is 0. The van der Waals surface area contributed by atoms with E-state index in [2.05, 4.69) is 132 Å². The lowest BCUT2D eigenvalue weighted by molar-refractivity contribution is 0.666. The second-order valence-corrected chi connectivity index (χ2v) is 15.0. The Hall–Kier alpha value is -6.08. The molecule has 0 amide bonds. The summed E-state index contributed by atoms with van der Waals surface area (Å²) in [4.78, 5) is 11.0. The summed E-state index contributed by atoms with van der Waals surface area (Å²) >= 11 is 3.67. The molecule has 5 aromatic heterocycles. The van der Waals surface area contributed by atoms with Crippen LogP contribution in [0, 0.1) is 0 Å². The van der Waals surface area contributed by atoms with Crippen molar-refractivity contribution in [3.05, 3.63) is 140 Å². The molecular weight excluding hydrogens is 651 g/mol. The third-order valence-corrected chi connectivity index (χ3v) is 12.6. The number of thiophene rings is 2. The maximum absolute atomic E-state index is 6.65. The van der Waals surface area contributed by atoms with Gasteiger partial charge in [0, 0.05) is 67.5 Å². The normalized spacial score (nSPS) is 12.4. The molecule has 7 aromatic carbocycles. The average Bonchev–Trinajstić information content (AvgIpc) is 3.93. The van der Waals surface area contributed by atoms with Crippen LogP contribution in [0.25, 0.3) is 112 Å². The minimum absolute atomic E-state index is 0.634. The Labute approximate surface area is 292 Å². The Bertz CT molecular complexity index is 3400. The lowest BCUT2D eigenvalue weighted by atomic mass is 10.00. The number of nitrogens with zero attached hydrogens (tertiary/aromatic N) is 3. The predicted molar refractivity (Wildman–Crippen MR) is 212 cm³/mol. The Morgan fingerprint density at radius 1 is 0.480 bits per heavy atom. The highest BCUT2D eigenvalue weighted by molar-refractivity contribution is 7.27. The van der Waals surface area contributed by atoms with Crippen molar-refractivity contribution >= 4 is 118 Å². The van der Waals surface area contributed by atoms with E-state index in [1.165, 1.54) is 61.9 Å². The molecule has 0 aliphatic carbocycles. The van der Waals surface area contributed by atoms with Crippen molar-refractivity contribution in [2.75, 3.05) is 0 Å². The van der Waals surface area contributed by atoms with Gasteiger partial charge in [-0.05, 0) is 35.7 Å². The van der Waals surface area contributed by atoms with Crippen LogP contribution in [0.15, 0.2) is 144 Å². The lowest BCUT2D eigenvalue weighted by Gasteiger charge is -2.11. The fourth-order valence-corrected chi connectivity index (χ4v) is 10.6. The fraction of sp³-hybridized carbons (Fsp3) is 0. The average molecular weight is 674 g/mol. The molecular formula is C44H23N3OS2. The zero-order valence-corrected chi connectivity index (χ0v) is 28.0. The summed E-state index contributed by atoms with van der Waals surface area (Å²) in [6, 6.07) is 49.7. The molecule has 232 valence electrons. The van der Waals surface area contributed by atoms with Crippen LogP contribution in [0.3, 0.4) is 0 Å². The lowest BCUT2D eigenvalue weighted by Crippen LogP contribution is -2.03. The van der Waals surface area contributed by atoms with E-state index >= 15 is 0 Å². The molecule has 12 aromatic rings. The minimum atomic E-state index is 0.634. The number of furan rings is 1. The Morgan fingerprint density at radius 3 is 1.96 bits per heavy atom. The van der Waals surface area contributed by atoms with Crippen LogP contribution in [-0.4, -0.2) is 14.5 Å². The largest absolute Gasteiger partial charge is 0.452 e. The van der Waals surface area contributed by atoms with Crippen molar-refractivity contribution in [2.24, 2.45) is 0 Å². The predicted octanol–water partition coefficient (Wildman–Crippen LogP) is 13.0. The number of benzene rings is 7. The Balaban J connectivity index is 1.31. The van der Waals surface area contributed by atoms with Crippen LogP contribution < -0.4 is 0 Å². The van der Waals surface area contributed by atoms with Gasteiger partial charge < -0.3 is 4.42 Å². The number of fused-ring (bicyclic) bond motifs is 16. The molecule has 0 unspecified atom stereocenters. The monoisotopic (exact) mass is 673 g/mol. The molecule has 6 heteroatoms. The van der Waals surface area contributed by atoms with Gasteiger partial charge in [0.05, 0.1) is 11.0 Å². The van der Waals surface area contributed by atoms with Crippen molar-refractivity contribution in [3.63, 3.8) is 0 Å². The molecule has 50 heavy (non-hydrogen) atoms. The zero-order chi connectivity index (χ0) is 32.5. The highest BCUT2D eigenvalue weighted by Crippen LogP contribution is 2.48. The number of hydrogen-bond acceptors (Lipinski definition) is 5. The van der Waals surface area contributed by atoms with Gasteiger partial charge >= 0.3 is 0 Å². The summed E-state index contributed by atoms with van der Waals surface area (Å²) in [5.41, 5.74) is 6.39. The molecule has 0 bridgehead atoms.